The number of nitrogens with one attached hydrogen (secondary N) is 2. The summed E-state index contributed by atoms with van der Waals surface area (Å²) in [6, 6.07) is 18.7. The van der Waals surface area contributed by atoms with Crippen molar-refractivity contribution in [3.63, 3.8) is 0 Å². The second kappa shape index (κ2) is 14.4. The smallest absolute Gasteiger partial charge is 0.404 e. The second-order valence-corrected chi connectivity index (χ2v) is 11.0. The van der Waals surface area contributed by atoms with E-state index in [0.717, 1.165) is 0 Å². The molecule has 13 heteroatoms. The lowest BCUT2D eigenvalue weighted by Crippen LogP contribution is -2.54. The topological polar surface area (TPSA) is 188 Å². The highest BCUT2D eigenvalue weighted by atomic mass is 31.2. The third-order valence-corrected chi connectivity index (χ3v) is 6.60. The molecule has 3 aromatic carbocycles. The molecule has 3 aromatic rings. The number of carbonyl (C=O) groups excluding carboxylic acids is 4. The number of primary amides is 1. The van der Waals surface area contributed by atoms with Crippen LogP contribution in [0.25, 0.3) is 6.08 Å². The van der Waals surface area contributed by atoms with Crippen LogP contribution in [0, 0.1) is 5.92 Å². The number of phosphoric ester groups is 1. The highest BCUT2D eigenvalue weighted by molar-refractivity contribution is 7.46. The molecule has 4 amide bonds. The molecule has 0 bridgehead atoms. The quantitative estimate of drug-likeness (QED) is 0.153. The number of nitrogens with zero attached hydrogens (tertiary/aromatic N) is 1. The van der Waals surface area contributed by atoms with Crippen molar-refractivity contribution in [2.24, 2.45) is 11.7 Å². The van der Waals surface area contributed by atoms with Gasteiger partial charge in [0.15, 0.2) is 0 Å². The van der Waals surface area contributed by atoms with E-state index in [2.05, 4.69) is 15.2 Å². The Hall–Kier alpha value is -4.77. The Morgan fingerprint density at radius 2 is 1.44 bits per heavy atom. The van der Waals surface area contributed by atoms with E-state index in [1.54, 1.807) is 56.3 Å². The number of nitrogens with two attached hydrogens (primary N) is 1. The van der Waals surface area contributed by atoms with Gasteiger partial charge in [0.2, 0.25) is 17.7 Å². The predicted octanol–water partition coefficient (Wildman–Crippen LogP) is 3.28. The standard InChI is InChI=1S/C30H33N4O8P/c1-19(2)27(33-26(35)18-11-21-9-16-25(17-10-21)42-43(39,40)41)29(37)32-20(3)30(38)34(23-7-5-4-6-8-23)24-14-12-22(13-15-24)28(31)36/h4-20,27H,1-3H3,(H2,31,36)(H,32,37)(H,33,35)(H2,39,40,41)/b18-11+. The number of hydrogen-bond donors (Lipinski definition) is 5. The molecule has 0 radical (unpaired) electrons. The molecule has 2 atom stereocenters. The van der Waals surface area contributed by atoms with Crippen LogP contribution in [0.15, 0.2) is 84.9 Å². The highest BCUT2D eigenvalue weighted by Gasteiger charge is 2.29. The van der Waals surface area contributed by atoms with Gasteiger partial charge < -0.3 is 20.9 Å². The van der Waals surface area contributed by atoms with Crippen molar-refractivity contribution in [1.29, 1.82) is 0 Å². The van der Waals surface area contributed by atoms with Crippen LogP contribution >= 0.6 is 7.82 Å². The minimum Gasteiger partial charge on any atom is -0.404 e. The zero-order valence-corrected chi connectivity index (χ0v) is 24.6. The lowest BCUT2D eigenvalue weighted by atomic mass is 10.0. The maximum Gasteiger partial charge on any atom is 0.524 e. The van der Waals surface area contributed by atoms with Crippen molar-refractivity contribution in [2.75, 3.05) is 4.90 Å². The first-order valence-electron chi connectivity index (χ1n) is 13.2. The monoisotopic (exact) mass is 608 g/mol. The van der Waals surface area contributed by atoms with E-state index in [4.69, 9.17) is 15.5 Å². The minimum absolute atomic E-state index is 0.0383. The van der Waals surface area contributed by atoms with Gasteiger partial charge >= 0.3 is 7.82 Å². The van der Waals surface area contributed by atoms with Crippen LogP contribution in [-0.2, 0) is 18.9 Å². The van der Waals surface area contributed by atoms with E-state index in [-0.39, 0.29) is 17.2 Å². The van der Waals surface area contributed by atoms with E-state index in [9.17, 15) is 23.7 Å². The zero-order chi connectivity index (χ0) is 31.7. The summed E-state index contributed by atoms with van der Waals surface area (Å²) in [5, 5.41) is 5.34. The number of para-hydroxylation sites is 1. The van der Waals surface area contributed by atoms with Crippen LogP contribution in [0.2, 0.25) is 0 Å². The first-order chi connectivity index (χ1) is 20.2. The molecule has 2 unspecified atom stereocenters. The number of hydrogen-bond acceptors (Lipinski definition) is 6. The van der Waals surface area contributed by atoms with Crippen LogP contribution in [0.3, 0.4) is 0 Å². The van der Waals surface area contributed by atoms with Crippen LogP contribution < -0.4 is 25.8 Å². The van der Waals surface area contributed by atoms with Gasteiger partial charge in [-0.05, 0) is 73.0 Å². The molecule has 226 valence electrons. The van der Waals surface area contributed by atoms with Crippen LogP contribution in [0.1, 0.15) is 36.7 Å². The average molecular weight is 609 g/mol. The summed E-state index contributed by atoms with van der Waals surface area (Å²) in [6.07, 6.45) is 2.67. The molecule has 0 heterocycles. The molecule has 3 rings (SSSR count). The number of amides is 4. The first-order valence-corrected chi connectivity index (χ1v) is 14.7. The summed E-state index contributed by atoms with van der Waals surface area (Å²) in [5.74, 6) is -2.55. The Kier molecular flexibility index (Phi) is 11.0. The summed E-state index contributed by atoms with van der Waals surface area (Å²) in [7, 11) is -4.69. The molecule has 12 nitrogen and oxygen atoms in total. The molecule has 0 saturated heterocycles. The fraction of sp³-hybridized carbons (Fsp3) is 0.200. The summed E-state index contributed by atoms with van der Waals surface area (Å²) in [4.78, 5) is 70.2. The van der Waals surface area contributed by atoms with Gasteiger partial charge in [-0.15, -0.1) is 0 Å². The molecule has 0 fully saturated rings. The molecule has 0 aromatic heterocycles. The van der Waals surface area contributed by atoms with Crippen LogP contribution in [0.5, 0.6) is 5.75 Å². The van der Waals surface area contributed by atoms with Crippen molar-refractivity contribution in [1.82, 2.24) is 10.6 Å². The molecule has 0 spiro atoms. The summed E-state index contributed by atoms with van der Waals surface area (Å²) in [5.41, 5.74) is 7.17. The maximum absolute atomic E-state index is 13.6. The van der Waals surface area contributed by atoms with Crippen molar-refractivity contribution >= 4 is 48.9 Å². The average Bonchev–Trinajstić information content (AvgIpc) is 2.95. The first kappa shape index (κ1) is 32.7. The van der Waals surface area contributed by atoms with E-state index in [1.165, 1.54) is 60.4 Å². The van der Waals surface area contributed by atoms with E-state index in [1.807, 2.05) is 0 Å². The van der Waals surface area contributed by atoms with Gasteiger partial charge in [-0.25, -0.2) is 4.57 Å². The molecule has 0 aliphatic rings. The van der Waals surface area contributed by atoms with Crippen molar-refractivity contribution < 1.29 is 38.1 Å². The highest BCUT2D eigenvalue weighted by Crippen LogP contribution is 2.37. The lowest BCUT2D eigenvalue weighted by molar-refractivity contribution is -0.131. The van der Waals surface area contributed by atoms with Gasteiger partial charge in [0.25, 0.3) is 5.91 Å². The third-order valence-electron chi connectivity index (χ3n) is 6.15. The Bertz CT molecular complexity index is 1520. The van der Waals surface area contributed by atoms with Crippen molar-refractivity contribution in [3.8, 4) is 5.75 Å². The number of phosphoric acid groups is 1. The van der Waals surface area contributed by atoms with E-state index >= 15 is 0 Å². The fourth-order valence-corrected chi connectivity index (χ4v) is 4.40. The molecule has 6 N–H and O–H groups in total. The number of benzene rings is 3. The maximum atomic E-state index is 13.6. The second-order valence-electron chi connectivity index (χ2n) is 9.87. The Morgan fingerprint density at radius 3 is 1.98 bits per heavy atom. The number of rotatable bonds is 12. The minimum atomic E-state index is -4.69. The van der Waals surface area contributed by atoms with Gasteiger partial charge in [0.1, 0.15) is 17.8 Å². The van der Waals surface area contributed by atoms with Gasteiger partial charge in [-0.2, -0.15) is 0 Å². The van der Waals surface area contributed by atoms with Crippen LogP contribution in [-0.4, -0.2) is 45.5 Å². The summed E-state index contributed by atoms with van der Waals surface area (Å²) in [6.45, 7) is 5.03. The lowest BCUT2D eigenvalue weighted by Gasteiger charge is -2.28. The predicted molar refractivity (Wildman–Crippen MR) is 161 cm³/mol. The molecule has 43 heavy (non-hydrogen) atoms. The largest absolute Gasteiger partial charge is 0.524 e. The van der Waals surface area contributed by atoms with E-state index < -0.39 is 43.5 Å². The molecule has 0 saturated carbocycles. The Labute approximate surface area is 248 Å². The Morgan fingerprint density at radius 1 is 0.860 bits per heavy atom. The molecule has 0 aliphatic heterocycles. The van der Waals surface area contributed by atoms with E-state index in [0.29, 0.717) is 16.9 Å². The molecule has 0 aliphatic carbocycles. The van der Waals surface area contributed by atoms with Gasteiger partial charge in [-0.3, -0.25) is 33.9 Å². The number of anilines is 2. The van der Waals surface area contributed by atoms with Gasteiger partial charge in [-0.1, -0.05) is 44.2 Å². The van der Waals surface area contributed by atoms with Gasteiger partial charge in [0.05, 0.1) is 0 Å². The third kappa shape index (κ3) is 9.64. The Balaban J connectivity index is 1.70. The normalized spacial score (nSPS) is 12.8. The van der Waals surface area contributed by atoms with Crippen molar-refractivity contribution in [3.05, 3.63) is 96.1 Å². The molecular formula is C30H33N4O8P. The van der Waals surface area contributed by atoms with Crippen molar-refractivity contribution in [2.45, 2.75) is 32.9 Å². The SMILES string of the molecule is CC(NC(=O)C(NC(=O)/C=C/c1ccc(OP(=O)(O)O)cc1)C(C)C)C(=O)N(c1ccccc1)c1ccc(C(N)=O)cc1. The molecular weight excluding hydrogens is 575 g/mol. The number of carbonyl (C=O) groups is 4. The summed E-state index contributed by atoms with van der Waals surface area (Å²) >= 11 is 0. The van der Waals surface area contributed by atoms with Gasteiger partial charge in [0, 0.05) is 23.0 Å². The van der Waals surface area contributed by atoms with Crippen LogP contribution in [0.4, 0.5) is 11.4 Å². The fourth-order valence-electron chi connectivity index (χ4n) is 4.00. The summed E-state index contributed by atoms with van der Waals surface area (Å²) < 4.78 is 15.4. The zero-order valence-electron chi connectivity index (χ0n) is 23.7.